The first kappa shape index (κ1) is 10.0. The minimum Gasteiger partial charge on any atom is -0.299 e. The molecule has 1 aromatic rings. The zero-order valence-corrected chi connectivity index (χ0v) is 8.43. The fourth-order valence-corrected chi connectivity index (χ4v) is 1.43. The smallest absolute Gasteiger partial charge is 0.144 e. The fourth-order valence-electron chi connectivity index (χ4n) is 1.27. The second-order valence-corrected chi connectivity index (χ2v) is 3.43. The van der Waals surface area contributed by atoms with E-state index in [0.717, 1.165) is 16.7 Å². The van der Waals surface area contributed by atoms with Gasteiger partial charge in [0.25, 0.3) is 0 Å². The number of rotatable bonds is 2. The molecule has 0 N–H and O–H groups in total. The summed E-state index contributed by atoms with van der Waals surface area (Å²) in [5.41, 5.74) is 3.19. The Balaban J connectivity index is 3.15. The van der Waals surface area contributed by atoms with Crippen LogP contribution in [0.15, 0.2) is 24.3 Å². The van der Waals surface area contributed by atoms with Gasteiger partial charge in [0.15, 0.2) is 0 Å². The van der Waals surface area contributed by atoms with E-state index in [0.29, 0.717) is 11.3 Å². The van der Waals surface area contributed by atoms with E-state index in [4.69, 9.17) is 11.6 Å². The van der Waals surface area contributed by atoms with Gasteiger partial charge in [-0.1, -0.05) is 40.9 Å². The molecule has 1 aromatic carbocycles. The number of allylic oxidation sites excluding steroid dienone is 1. The van der Waals surface area contributed by atoms with Crippen LogP contribution in [0.2, 0.25) is 0 Å². The van der Waals surface area contributed by atoms with Gasteiger partial charge in [-0.05, 0) is 25.5 Å². The van der Waals surface area contributed by atoms with Crippen LogP contribution >= 0.6 is 11.6 Å². The van der Waals surface area contributed by atoms with Gasteiger partial charge in [-0.2, -0.15) is 0 Å². The average molecular weight is 195 g/mol. The van der Waals surface area contributed by atoms with Gasteiger partial charge in [-0.15, -0.1) is 0 Å². The second-order valence-electron chi connectivity index (χ2n) is 3.03. The van der Waals surface area contributed by atoms with Crippen molar-refractivity contribution in [3.63, 3.8) is 0 Å². The van der Waals surface area contributed by atoms with Crippen LogP contribution in [0.25, 0.3) is 5.03 Å². The molecule has 2 heteroatoms. The lowest BCUT2D eigenvalue weighted by atomic mass is 10.1. The molecular weight excluding hydrogens is 184 g/mol. The largest absolute Gasteiger partial charge is 0.299 e. The molecule has 1 rings (SSSR count). The van der Waals surface area contributed by atoms with E-state index < -0.39 is 0 Å². The molecule has 0 amide bonds. The highest BCUT2D eigenvalue weighted by atomic mass is 35.5. The zero-order chi connectivity index (χ0) is 9.84. The van der Waals surface area contributed by atoms with E-state index in [9.17, 15) is 4.79 Å². The van der Waals surface area contributed by atoms with Crippen LogP contribution in [0.4, 0.5) is 0 Å². The predicted octanol–water partition coefficient (Wildman–Crippen LogP) is 3.08. The van der Waals surface area contributed by atoms with Crippen molar-refractivity contribution in [2.24, 2.45) is 0 Å². The van der Waals surface area contributed by atoms with E-state index in [1.165, 1.54) is 6.08 Å². The Labute approximate surface area is 83.0 Å². The van der Waals surface area contributed by atoms with Gasteiger partial charge in [-0.25, -0.2) is 0 Å². The third kappa shape index (κ3) is 2.71. The summed E-state index contributed by atoms with van der Waals surface area (Å²) in [6.07, 6.45) is 2.05. The van der Waals surface area contributed by atoms with Crippen LogP contribution in [-0.4, -0.2) is 6.29 Å². The minimum atomic E-state index is 0.488. The van der Waals surface area contributed by atoms with E-state index in [-0.39, 0.29) is 0 Å². The number of benzene rings is 1. The van der Waals surface area contributed by atoms with E-state index in [2.05, 4.69) is 6.07 Å². The van der Waals surface area contributed by atoms with Crippen LogP contribution in [0.5, 0.6) is 0 Å². The van der Waals surface area contributed by atoms with Crippen molar-refractivity contribution in [2.45, 2.75) is 13.8 Å². The summed E-state index contributed by atoms with van der Waals surface area (Å²) >= 11 is 5.88. The maximum atomic E-state index is 10.2. The second kappa shape index (κ2) is 4.24. The number of carbonyl (C=O) groups excluding carboxylic acids is 1. The minimum absolute atomic E-state index is 0.488. The fraction of sp³-hybridized carbons (Fsp3) is 0.182. The molecule has 0 radical (unpaired) electrons. The Kier molecular flexibility index (Phi) is 3.26. The summed E-state index contributed by atoms with van der Waals surface area (Å²) in [6.45, 7) is 4.00. The van der Waals surface area contributed by atoms with E-state index >= 15 is 0 Å². The lowest BCUT2D eigenvalue weighted by Crippen LogP contribution is -1.83. The van der Waals surface area contributed by atoms with E-state index in [1.54, 1.807) is 0 Å². The molecule has 0 saturated carbocycles. The quantitative estimate of drug-likeness (QED) is 0.523. The maximum absolute atomic E-state index is 10.2. The van der Waals surface area contributed by atoms with Crippen molar-refractivity contribution < 1.29 is 4.79 Å². The van der Waals surface area contributed by atoms with Crippen molar-refractivity contribution in [1.29, 1.82) is 0 Å². The van der Waals surface area contributed by atoms with Crippen molar-refractivity contribution in [3.8, 4) is 0 Å². The Hall–Kier alpha value is -1.08. The molecule has 0 bridgehead atoms. The standard InChI is InChI=1S/C11H11ClO/c1-8-5-9(2)7-10(6-8)11(12)3-4-13/h3-7H,1-2H3/b11-3-. The number of hydrogen-bond acceptors (Lipinski definition) is 1. The average Bonchev–Trinajstić information content (AvgIpc) is 2.03. The third-order valence-electron chi connectivity index (χ3n) is 1.71. The highest BCUT2D eigenvalue weighted by Gasteiger charge is 1.98. The Morgan fingerprint density at radius 1 is 1.23 bits per heavy atom. The van der Waals surface area contributed by atoms with Crippen LogP contribution in [-0.2, 0) is 4.79 Å². The first-order valence-electron chi connectivity index (χ1n) is 4.03. The van der Waals surface area contributed by atoms with Crippen molar-refractivity contribution >= 4 is 22.9 Å². The number of carbonyl (C=O) groups is 1. The zero-order valence-electron chi connectivity index (χ0n) is 7.67. The summed E-state index contributed by atoms with van der Waals surface area (Å²) in [6, 6.07) is 5.97. The summed E-state index contributed by atoms with van der Waals surface area (Å²) in [4.78, 5) is 10.2. The van der Waals surface area contributed by atoms with Crippen LogP contribution in [0.1, 0.15) is 16.7 Å². The maximum Gasteiger partial charge on any atom is 0.144 e. The SMILES string of the molecule is Cc1cc(C)cc(/C(Cl)=C/C=O)c1. The molecule has 0 aliphatic heterocycles. The normalized spacial score (nSPS) is 11.5. The number of halogens is 1. The summed E-state index contributed by atoms with van der Waals surface area (Å²) < 4.78 is 0. The van der Waals surface area contributed by atoms with Gasteiger partial charge < -0.3 is 0 Å². The number of hydrogen-bond donors (Lipinski definition) is 0. The third-order valence-corrected chi connectivity index (χ3v) is 2.06. The summed E-state index contributed by atoms with van der Waals surface area (Å²) in [5.74, 6) is 0. The molecule has 0 unspecified atom stereocenters. The molecule has 0 heterocycles. The topological polar surface area (TPSA) is 17.1 Å². The predicted molar refractivity (Wildman–Crippen MR) is 55.8 cm³/mol. The molecule has 13 heavy (non-hydrogen) atoms. The summed E-state index contributed by atoms with van der Waals surface area (Å²) in [5, 5.41) is 0.488. The monoisotopic (exact) mass is 194 g/mol. The van der Waals surface area contributed by atoms with Crippen molar-refractivity contribution in [3.05, 3.63) is 41.0 Å². The Morgan fingerprint density at radius 3 is 2.23 bits per heavy atom. The van der Waals surface area contributed by atoms with Gasteiger partial charge in [0.05, 0.1) is 5.03 Å². The van der Waals surface area contributed by atoms with Crippen molar-refractivity contribution in [2.75, 3.05) is 0 Å². The van der Waals surface area contributed by atoms with Crippen LogP contribution < -0.4 is 0 Å². The summed E-state index contributed by atoms with van der Waals surface area (Å²) in [7, 11) is 0. The molecule has 0 aliphatic carbocycles. The molecule has 0 saturated heterocycles. The Bertz CT molecular complexity index is 333. The van der Waals surface area contributed by atoms with E-state index in [1.807, 2.05) is 26.0 Å². The molecule has 0 spiro atoms. The number of aryl methyl sites for hydroxylation is 2. The molecule has 68 valence electrons. The molecule has 0 aromatic heterocycles. The van der Waals surface area contributed by atoms with Gasteiger partial charge in [-0.3, -0.25) is 4.79 Å². The lowest BCUT2D eigenvalue weighted by Gasteiger charge is -2.02. The molecular formula is C11H11ClO. The van der Waals surface area contributed by atoms with Gasteiger partial charge in [0.2, 0.25) is 0 Å². The first-order valence-corrected chi connectivity index (χ1v) is 4.41. The van der Waals surface area contributed by atoms with Gasteiger partial charge >= 0.3 is 0 Å². The highest BCUT2D eigenvalue weighted by Crippen LogP contribution is 2.20. The first-order chi connectivity index (χ1) is 6.13. The van der Waals surface area contributed by atoms with Crippen LogP contribution in [0, 0.1) is 13.8 Å². The van der Waals surface area contributed by atoms with Crippen molar-refractivity contribution in [1.82, 2.24) is 0 Å². The number of aldehydes is 1. The molecule has 1 nitrogen and oxygen atoms in total. The molecule has 0 aliphatic rings. The van der Waals surface area contributed by atoms with Crippen LogP contribution in [0.3, 0.4) is 0 Å². The Morgan fingerprint density at radius 2 is 1.77 bits per heavy atom. The van der Waals surface area contributed by atoms with Gasteiger partial charge in [0.1, 0.15) is 6.29 Å². The molecule has 0 atom stereocenters. The lowest BCUT2D eigenvalue weighted by molar-refractivity contribution is -0.104. The highest BCUT2D eigenvalue weighted by molar-refractivity contribution is 6.49. The molecule has 0 fully saturated rings. The van der Waals surface area contributed by atoms with Gasteiger partial charge in [0, 0.05) is 0 Å².